The van der Waals surface area contributed by atoms with E-state index in [1.54, 1.807) is 0 Å². The molecule has 2 aliphatic heterocycles. The van der Waals surface area contributed by atoms with Gasteiger partial charge in [-0.2, -0.15) is 4.98 Å². The number of hydrogen-bond donors (Lipinski definition) is 1. The molecule has 0 radical (unpaired) electrons. The van der Waals surface area contributed by atoms with Crippen LogP contribution in [0.1, 0.15) is 51.0 Å². The Morgan fingerprint density at radius 2 is 2.14 bits per heavy atom. The zero-order valence-electron chi connectivity index (χ0n) is 16.7. The largest absolute Gasteiger partial charge is 0.426 e. The van der Waals surface area contributed by atoms with E-state index in [4.69, 9.17) is 14.0 Å². The summed E-state index contributed by atoms with van der Waals surface area (Å²) in [5.41, 5.74) is 0.892. The van der Waals surface area contributed by atoms with Crippen LogP contribution in [0.25, 0.3) is 6.08 Å². The first kappa shape index (κ1) is 19.3. The maximum absolute atomic E-state index is 11.1. The zero-order valence-corrected chi connectivity index (χ0v) is 16.7. The molecule has 1 saturated heterocycles. The summed E-state index contributed by atoms with van der Waals surface area (Å²) >= 11 is 0. The van der Waals surface area contributed by atoms with Crippen LogP contribution in [0.5, 0.6) is 0 Å². The van der Waals surface area contributed by atoms with Gasteiger partial charge in [0.05, 0.1) is 19.3 Å². The number of aromatic nitrogens is 1. The molecule has 3 heterocycles. The molecule has 1 aliphatic carbocycles. The van der Waals surface area contributed by atoms with E-state index >= 15 is 0 Å². The van der Waals surface area contributed by atoms with Gasteiger partial charge in [-0.25, -0.2) is 0 Å². The van der Waals surface area contributed by atoms with Gasteiger partial charge in [-0.05, 0) is 44.6 Å². The molecule has 0 spiro atoms. The maximum atomic E-state index is 11.1. The quantitative estimate of drug-likeness (QED) is 0.730. The van der Waals surface area contributed by atoms with E-state index in [0.29, 0.717) is 19.2 Å². The Kier molecular flexibility index (Phi) is 5.87. The van der Waals surface area contributed by atoms with E-state index in [0.717, 1.165) is 49.9 Å². The molecule has 0 aromatic carbocycles. The predicted octanol–water partition coefficient (Wildman–Crippen LogP) is 2.31. The molecule has 1 N–H and O–H groups in total. The van der Waals surface area contributed by atoms with Crippen LogP contribution < -0.4 is 10.2 Å². The smallest absolute Gasteiger partial charge is 0.298 e. The topological polar surface area (TPSA) is 80.1 Å². The Balaban J connectivity index is 1.23. The van der Waals surface area contributed by atoms with Gasteiger partial charge < -0.3 is 19.4 Å². The third-order valence-electron chi connectivity index (χ3n) is 5.33. The molecule has 8 nitrogen and oxygen atoms in total. The molecule has 1 amide bonds. The summed E-state index contributed by atoms with van der Waals surface area (Å²) in [6, 6.07) is 0.717. The minimum absolute atomic E-state index is 0.0238. The van der Waals surface area contributed by atoms with Crippen LogP contribution in [0.4, 0.5) is 6.01 Å². The van der Waals surface area contributed by atoms with Gasteiger partial charge in [0.1, 0.15) is 12.2 Å². The van der Waals surface area contributed by atoms with Crippen LogP contribution in [-0.2, 0) is 20.9 Å². The van der Waals surface area contributed by atoms with Gasteiger partial charge in [0.2, 0.25) is 5.91 Å². The number of nitrogens with one attached hydrogen (secondary N) is 1. The molecule has 0 bridgehead atoms. The first-order valence-corrected chi connectivity index (χ1v) is 10.3. The molecule has 1 saturated carbocycles. The lowest BCUT2D eigenvalue weighted by molar-refractivity contribution is -0.134. The Hall–Kier alpha value is -2.06. The summed E-state index contributed by atoms with van der Waals surface area (Å²) < 4.78 is 12.0. The fourth-order valence-corrected chi connectivity index (χ4v) is 3.53. The van der Waals surface area contributed by atoms with Gasteiger partial charge in [0, 0.05) is 32.3 Å². The minimum Gasteiger partial charge on any atom is -0.426 e. The molecule has 0 unspecified atom stereocenters. The second-order valence-corrected chi connectivity index (χ2v) is 8.06. The van der Waals surface area contributed by atoms with Crippen molar-refractivity contribution < 1.29 is 18.8 Å². The van der Waals surface area contributed by atoms with E-state index in [-0.39, 0.29) is 18.1 Å². The average molecular weight is 390 g/mol. The summed E-state index contributed by atoms with van der Waals surface area (Å²) in [7, 11) is 0. The standard InChI is InChI=1S/C20H30N4O4/c1-14(21-15(2)25)12-26-17-5-8-23(9-6-17)20-22-18-7-10-24(11-19(18)28-20)27-13-16-3-4-16/h7,10,14,16-17H,3-6,8-9,11-13H2,1-2H3,(H,21,25)/t14-/m0/s1. The number of piperidine rings is 1. The lowest BCUT2D eigenvalue weighted by atomic mass is 10.1. The third-order valence-corrected chi connectivity index (χ3v) is 5.33. The molecule has 2 fully saturated rings. The van der Waals surface area contributed by atoms with Crippen molar-refractivity contribution in [3.8, 4) is 0 Å². The van der Waals surface area contributed by atoms with Crippen molar-refractivity contribution in [2.24, 2.45) is 5.92 Å². The molecule has 1 atom stereocenters. The van der Waals surface area contributed by atoms with Gasteiger partial charge in [0.25, 0.3) is 6.01 Å². The summed E-state index contributed by atoms with van der Waals surface area (Å²) in [6.07, 6.45) is 8.51. The number of carbonyl (C=O) groups excluding carboxylic acids is 1. The number of rotatable bonds is 8. The molecular formula is C20H30N4O4. The van der Waals surface area contributed by atoms with Crippen molar-refractivity contribution in [1.29, 1.82) is 0 Å². The van der Waals surface area contributed by atoms with E-state index in [2.05, 4.69) is 15.2 Å². The average Bonchev–Trinajstić information content (AvgIpc) is 3.41. The number of amides is 1. The normalized spacial score (nSPS) is 20.9. The molecule has 3 aliphatic rings. The monoisotopic (exact) mass is 390 g/mol. The summed E-state index contributed by atoms with van der Waals surface area (Å²) in [4.78, 5) is 23.7. The fourth-order valence-electron chi connectivity index (χ4n) is 3.53. The number of nitrogens with zero attached hydrogens (tertiary/aromatic N) is 3. The van der Waals surface area contributed by atoms with E-state index in [9.17, 15) is 4.79 Å². The number of fused-ring (bicyclic) bond motifs is 1. The van der Waals surface area contributed by atoms with Gasteiger partial charge in [-0.15, -0.1) is 0 Å². The van der Waals surface area contributed by atoms with Crippen LogP contribution in [0, 0.1) is 5.92 Å². The molecular weight excluding hydrogens is 360 g/mol. The highest BCUT2D eigenvalue weighted by Crippen LogP contribution is 2.31. The van der Waals surface area contributed by atoms with Crippen molar-refractivity contribution in [3.05, 3.63) is 17.7 Å². The van der Waals surface area contributed by atoms with E-state index in [1.807, 2.05) is 24.3 Å². The highest BCUT2D eigenvalue weighted by molar-refractivity contribution is 5.73. The highest BCUT2D eigenvalue weighted by Gasteiger charge is 2.27. The minimum atomic E-state index is -0.0238. The van der Waals surface area contributed by atoms with Gasteiger partial charge in [-0.3, -0.25) is 14.7 Å². The van der Waals surface area contributed by atoms with E-state index < -0.39 is 0 Å². The van der Waals surface area contributed by atoms with Crippen molar-refractivity contribution in [1.82, 2.24) is 15.4 Å². The van der Waals surface area contributed by atoms with Crippen molar-refractivity contribution in [2.45, 2.75) is 58.2 Å². The summed E-state index contributed by atoms with van der Waals surface area (Å²) in [6.45, 7) is 7.12. The first-order chi connectivity index (χ1) is 13.6. The van der Waals surface area contributed by atoms with Crippen LogP contribution in [0.2, 0.25) is 0 Å². The fraction of sp³-hybridized carbons (Fsp3) is 0.700. The Bertz CT molecular complexity index is 707. The first-order valence-electron chi connectivity index (χ1n) is 10.3. The van der Waals surface area contributed by atoms with E-state index in [1.165, 1.54) is 19.8 Å². The number of hydrogen-bond acceptors (Lipinski definition) is 7. The van der Waals surface area contributed by atoms with Crippen LogP contribution in [0.15, 0.2) is 10.6 Å². The second-order valence-electron chi connectivity index (χ2n) is 8.06. The number of carbonyl (C=O) groups is 1. The predicted molar refractivity (Wildman–Crippen MR) is 104 cm³/mol. The summed E-state index contributed by atoms with van der Waals surface area (Å²) in [5.74, 6) is 1.56. The number of ether oxygens (including phenoxy) is 1. The number of oxazole rings is 1. The number of hydroxylamine groups is 2. The lowest BCUT2D eigenvalue weighted by Gasteiger charge is -2.31. The molecule has 4 rings (SSSR count). The maximum Gasteiger partial charge on any atom is 0.298 e. The van der Waals surface area contributed by atoms with Crippen molar-refractivity contribution >= 4 is 18.0 Å². The van der Waals surface area contributed by atoms with Gasteiger partial charge in [0.15, 0.2) is 5.76 Å². The molecule has 8 heteroatoms. The van der Waals surface area contributed by atoms with Gasteiger partial charge in [-0.1, -0.05) is 0 Å². The SMILES string of the molecule is CC(=O)N[C@@H](C)COC1CCN(c2nc3c(o2)CN(OCC2CC2)C=C3)CC1. The highest BCUT2D eigenvalue weighted by atomic mass is 16.7. The lowest BCUT2D eigenvalue weighted by Crippen LogP contribution is -2.40. The Morgan fingerprint density at radius 3 is 2.86 bits per heavy atom. The second kappa shape index (κ2) is 8.53. The Morgan fingerprint density at radius 1 is 1.36 bits per heavy atom. The molecule has 154 valence electrons. The number of anilines is 1. The Labute approximate surface area is 165 Å². The van der Waals surface area contributed by atoms with Crippen molar-refractivity contribution in [2.75, 3.05) is 31.2 Å². The zero-order chi connectivity index (χ0) is 19.5. The van der Waals surface area contributed by atoms with Gasteiger partial charge >= 0.3 is 0 Å². The molecule has 1 aromatic heterocycles. The molecule has 28 heavy (non-hydrogen) atoms. The van der Waals surface area contributed by atoms with Crippen LogP contribution >= 0.6 is 0 Å². The van der Waals surface area contributed by atoms with Crippen LogP contribution in [-0.4, -0.2) is 54.4 Å². The van der Waals surface area contributed by atoms with Crippen molar-refractivity contribution in [3.63, 3.8) is 0 Å². The molecule has 1 aromatic rings. The summed E-state index contributed by atoms with van der Waals surface area (Å²) in [5, 5.41) is 4.69. The third kappa shape index (κ3) is 5.05. The van der Waals surface area contributed by atoms with Crippen LogP contribution in [0.3, 0.4) is 0 Å².